The molecule has 3 aromatic carbocycles. The Hall–Kier alpha value is -2.91. The van der Waals surface area contributed by atoms with Gasteiger partial charge in [0.2, 0.25) is 0 Å². The molecule has 3 aromatic rings. The summed E-state index contributed by atoms with van der Waals surface area (Å²) in [5.74, 6) is 0.899. The molecule has 0 aliphatic carbocycles. The van der Waals surface area contributed by atoms with Crippen LogP contribution in [-0.4, -0.2) is 36.9 Å². The minimum atomic E-state index is -0.217. The normalized spacial score (nSPS) is 15.9. The van der Waals surface area contributed by atoms with Crippen LogP contribution in [0.25, 0.3) is 0 Å². The van der Waals surface area contributed by atoms with E-state index in [4.69, 9.17) is 4.74 Å². The van der Waals surface area contributed by atoms with Crippen LogP contribution in [0.15, 0.2) is 84.9 Å². The number of rotatable bonds is 10. The number of ketones is 1. The van der Waals surface area contributed by atoms with Crippen LogP contribution < -0.4 is 4.74 Å². The van der Waals surface area contributed by atoms with E-state index in [-0.39, 0.29) is 17.6 Å². The lowest BCUT2D eigenvalue weighted by Crippen LogP contribution is -2.25. The van der Waals surface area contributed by atoms with E-state index in [0.717, 1.165) is 29.8 Å². The maximum absolute atomic E-state index is 13.8. The number of carbonyl (C=O) groups excluding carboxylic acids is 1. The van der Waals surface area contributed by atoms with Crippen LogP contribution in [0.5, 0.6) is 5.75 Å². The number of Topliss-reactive ketones (excluding diaryl/α,β-unsaturated/α-hetero) is 1. The Balaban J connectivity index is 1.51. The van der Waals surface area contributed by atoms with Crippen LogP contribution in [0.4, 0.5) is 0 Å². The van der Waals surface area contributed by atoms with Gasteiger partial charge in [-0.25, -0.2) is 0 Å². The first-order valence-electron chi connectivity index (χ1n) is 11.9. The van der Waals surface area contributed by atoms with Crippen molar-refractivity contribution in [2.45, 2.75) is 38.0 Å². The molecular formula is C29H33NO2. The Morgan fingerprint density at radius 3 is 2.03 bits per heavy atom. The first kappa shape index (κ1) is 22.3. The van der Waals surface area contributed by atoms with Crippen LogP contribution in [0, 0.1) is 0 Å². The van der Waals surface area contributed by atoms with Crippen molar-refractivity contribution < 1.29 is 9.53 Å². The molecule has 0 amide bonds. The summed E-state index contributed by atoms with van der Waals surface area (Å²) in [6.45, 7) is 6.17. The highest BCUT2D eigenvalue weighted by Gasteiger charge is 2.30. The quantitative estimate of drug-likeness (QED) is 0.355. The molecule has 1 heterocycles. The number of likely N-dealkylation sites (tertiary alicyclic amines) is 1. The Bertz CT molecular complexity index is 963. The summed E-state index contributed by atoms with van der Waals surface area (Å²) in [6, 6.07) is 28.3. The third-order valence-corrected chi connectivity index (χ3v) is 6.52. The standard InChI is InChI=1S/C29H33NO2/c1-2-27(23-11-5-3-6-12-23)28(24-13-7-4-8-14-24)29(31)25-15-17-26(18-16-25)32-22-21-30-19-9-10-20-30/h3-8,11-18,27-28H,2,9-10,19-22H2,1H3/t27-,28+/m1/s1. The van der Waals surface area contributed by atoms with Gasteiger partial charge in [0.15, 0.2) is 5.78 Å². The van der Waals surface area contributed by atoms with Gasteiger partial charge in [0.05, 0.1) is 5.92 Å². The molecule has 0 saturated carbocycles. The number of carbonyl (C=O) groups is 1. The molecule has 3 heteroatoms. The average molecular weight is 428 g/mol. The van der Waals surface area contributed by atoms with Gasteiger partial charge in [-0.2, -0.15) is 0 Å². The van der Waals surface area contributed by atoms with Crippen molar-refractivity contribution in [3.8, 4) is 5.75 Å². The second kappa shape index (κ2) is 11.1. The third kappa shape index (κ3) is 5.46. The molecule has 3 nitrogen and oxygen atoms in total. The van der Waals surface area contributed by atoms with Crippen molar-refractivity contribution in [1.82, 2.24) is 4.90 Å². The van der Waals surface area contributed by atoms with E-state index in [1.54, 1.807) is 0 Å². The lowest BCUT2D eigenvalue weighted by molar-refractivity contribution is 0.0945. The first-order valence-corrected chi connectivity index (χ1v) is 11.9. The van der Waals surface area contributed by atoms with Crippen molar-refractivity contribution in [2.24, 2.45) is 0 Å². The summed E-state index contributed by atoms with van der Waals surface area (Å²) in [7, 11) is 0. The zero-order chi connectivity index (χ0) is 22.2. The molecule has 0 N–H and O–H groups in total. The van der Waals surface area contributed by atoms with E-state index in [2.05, 4.69) is 48.2 Å². The van der Waals surface area contributed by atoms with Gasteiger partial charge >= 0.3 is 0 Å². The predicted octanol–water partition coefficient (Wildman–Crippen LogP) is 6.32. The molecule has 1 saturated heterocycles. The summed E-state index contributed by atoms with van der Waals surface area (Å²) in [5.41, 5.74) is 3.01. The largest absolute Gasteiger partial charge is 0.492 e. The fourth-order valence-electron chi connectivity index (χ4n) is 4.78. The van der Waals surface area contributed by atoms with Gasteiger partial charge in [-0.05, 0) is 73.7 Å². The highest BCUT2D eigenvalue weighted by atomic mass is 16.5. The monoisotopic (exact) mass is 427 g/mol. The molecule has 0 spiro atoms. The van der Waals surface area contributed by atoms with Crippen LogP contribution in [0.2, 0.25) is 0 Å². The maximum atomic E-state index is 13.8. The molecule has 2 atom stereocenters. The first-order chi connectivity index (χ1) is 15.8. The van der Waals surface area contributed by atoms with Crippen molar-refractivity contribution in [3.63, 3.8) is 0 Å². The van der Waals surface area contributed by atoms with Gasteiger partial charge in [0.1, 0.15) is 12.4 Å². The van der Waals surface area contributed by atoms with Gasteiger partial charge in [-0.3, -0.25) is 9.69 Å². The Morgan fingerprint density at radius 1 is 0.844 bits per heavy atom. The van der Waals surface area contributed by atoms with Gasteiger partial charge in [-0.1, -0.05) is 67.6 Å². The zero-order valence-electron chi connectivity index (χ0n) is 19.0. The molecule has 1 aliphatic heterocycles. The lowest BCUT2D eigenvalue weighted by atomic mass is 9.76. The summed E-state index contributed by atoms with van der Waals surface area (Å²) in [5, 5.41) is 0. The minimum Gasteiger partial charge on any atom is -0.492 e. The second-order valence-electron chi connectivity index (χ2n) is 8.60. The predicted molar refractivity (Wildman–Crippen MR) is 131 cm³/mol. The van der Waals surface area contributed by atoms with Crippen LogP contribution >= 0.6 is 0 Å². The smallest absolute Gasteiger partial charge is 0.170 e. The molecular weight excluding hydrogens is 394 g/mol. The second-order valence-corrected chi connectivity index (χ2v) is 8.60. The lowest BCUT2D eigenvalue weighted by Gasteiger charge is -2.26. The number of benzene rings is 3. The number of ether oxygens (including phenoxy) is 1. The number of hydrogen-bond acceptors (Lipinski definition) is 3. The summed E-state index contributed by atoms with van der Waals surface area (Å²) < 4.78 is 5.93. The van der Waals surface area contributed by atoms with E-state index in [0.29, 0.717) is 6.61 Å². The fourth-order valence-corrected chi connectivity index (χ4v) is 4.78. The topological polar surface area (TPSA) is 29.5 Å². The minimum absolute atomic E-state index is 0.127. The van der Waals surface area contributed by atoms with E-state index in [1.807, 2.05) is 48.5 Å². The Labute approximate surface area is 192 Å². The summed E-state index contributed by atoms with van der Waals surface area (Å²) >= 11 is 0. The molecule has 1 fully saturated rings. The van der Waals surface area contributed by atoms with E-state index < -0.39 is 0 Å². The highest BCUT2D eigenvalue weighted by Crippen LogP contribution is 2.38. The third-order valence-electron chi connectivity index (χ3n) is 6.52. The number of hydrogen-bond donors (Lipinski definition) is 0. The van der Waals surface area contributed by atoms with Gasteiger partial charge in [0.25, 0.3) is 0 Å². The molecule has 0 aromatic heterocycles. The van der Waals surface area contributed by atoms with E-state index in [1.165, 1.54) is 31.5 Å². The SMILES string of the molecule is CC[C@H](c1ccccc1)[C@@H](C(=O)c1ccc(OCCN2CCCC2)cc1)c1ccccc1. The van der Waals surface area contributed by atoms with Crippen LogP contribution in [0.1, 0.15) is 59.5 Å². The van der Waals surface area contributed by atoms with Crippen LogP contribution in [-0.2, 0) is 0 Å². The van der Waals surface area contributed by atoms with Crippen LogP contribution in [0.3, 0.4) is 0 Å². The molecule has 0 radical (unpaired) electrons. The molecule has 0 unspecified atom stereocenters. The van der Waals surface area contributed by atoms with Gasteiger partial charge < -0.3 is 4.74 Å². The van der Waals surface area contributed by atoms with Gasteiger partial charge in [-0.15, -0.1) is 0 Å². The molecule has 4 rings (SSSR count). The van der Waals surface area contributed by atoms with Crippen molar-refractivity contribution >= 4 is 5.78 Å². The Morgan fingerprint density at radius 2 is 1.44 bits per heavy atom. The molecule has 166 valence electrons. The molecule has 32 heavy (non-hydrogen) atoms. The van der Waals surface area contributed by atoms with Crippen molar-refractivity contribution in [2.75, 3.05) is 26.2 Å². The molecule has 0 bridgehead atoms. The van der Waals surface area contributed by atoms with Crippen molar-refractivity contribution in [1.29, 1.82) is 0 Å². The van der Waals surface area contributed by atoms with E-state index in [9.17, 15) is 4.79 Å². The van der Waals surface area contributed by atoms with Gasteiger partial charge in [0, 0.05) is 12.1 Å². The molecule has 1 aliphatic rings. The highest BCUT2D eigenvalue weighted by molar-refractivity contribution is 6.01. The fraction of sp³-hybridized carbons (Fsp3) is 0.345. The number of nitrogens with zero attached hydrogens (tertiary/aromatic N) is 1. The summed E-state index contributed by atoms with van der Waals surface area (Å²) in [4.78, 5) is 16.2. The maximum Gasteiger partial charge on any atom is 0.170 e. The zero-order valence-corrected chi connectivity index (χ0v) is 19.0. The van der Waals surface area contributed by atoms with Crippen molar-refractivity contribution in [3.05, 3.63) is 102 Å². The Kier molecular flexibility index (Phi) is 7.73. The van der Waals surface area contributed by atoms with E-state index >= 15 is 0 Å². The summed E-state index contributed by atoms with van der Waals surface area (Å²) in [6.07, 6.45) is 3.48. The average Bonchev–Trinajstić information content (AvgIpc) is 3.37.